The minimum Gasteiger partial charge on any atom is -0.311 e. The molecule has 0 saturated carbocycles. The van der Waals surface area contributed by atoms with Gasteiger partial charge in [0, 0.05) is 32.4 Å². The molecule has 6 heteroatoms. The minimum atomic E-state index is -0.272. The molecule has 0 aliphatic carbocycles. The molecule has 5 nitrogen and oxygen atoms in total. The van der Waals surface area contributed by atoms with E-state index in [9.17, 15) is 9.59 Å². The molecule has 1 aromatic heterocycles. The molecule has 1 N–H and O–H groups in total. The summed E-state index contributed by atoms with van der Waals surface area (Å²) in [6, 6.07) is 1.52. The smallest absolute Gasteiger partial charge is 0.311 e. The first kappa shape index (κ1) is 17.0. The molecule has 0 saturated heterocycles. The number of hydrogen-bond donors (Lipinski definition) is 1. The number of rotatable bonds is 9. The molecular weight excluding hydrogens is 274 g/mol. The van der Waals surface area contributed by atoms with Gasteiger partial charge < -0.3 is 5.32 Å². The average molecular weight is 299 g/mol. The van der Waals surface area contributed by atoms with Crippen molar-refractivity contribution in [1.82, 2.24) is 14.5 Å². The van der Waals surface area contributed by atoms with Gasteiger partial charge in [0.15, 0.2) is 0 Å². The number of unbranched alkanes of at least 4 members (excludes halogenated alkanes) is 3. The van der Waals surface area contributed by atoms with Crippen LogP contribution < -0.4 is 16.6 Å². The first-order chi connectivity index (χ1) is 9.57. The summed E-state index contributed by atoms with van der Waals surface area (Å²) in [6.45, 7) is 1.48. The van der Waals surface area contributed by atoms with Gasteiger partial charge in [-0.3, -0.25) is 13.9 Å². The first-order valence-electron chi connectivity index (χ1n) is 7.03. The highest BCUT2D eigenvalue weighted by Gasteiger charge is 2.04. The van der Waals surface area contributed by atoms with Gasteiger partial charge in [-0.15, -0.1) is 0 Å². The van der Waals surface area contributed by atoms with Crippen LogP contribution in [0.15, 0.2) is 15.7 Å². The number of nitrogens with one attached hydrogen (secondary N) is 1. The topological polar surface area (TPSA) is 56.0 Å². The summed E-state index contributed by atoms with van der Waals surface area (Å²) in [5.41, 5.74) is 0.216. The van der Waals surface area contributed by atoms with Crippen LogP contribution in [-0.2, 0) is 20.6 Å². The van der Waals surface area contributed by atoms with Gasteiger partial charge >= 0.3 is 5.69 Å². The molecule has 0 atom stereocenters. The lowest BCUT2D eigenvalue weighted by molar-refractivity contribution is 0.568. The monoisotopic (exact) mass is 299 g/mol. The second-order valence-electron chi connectivity index (χ2n) is 4.96. The van der Waals surface area contributed by atoms with Crippen molar-refractivity contribution in [2.75, 3.05) is 18.6 Å². The summed E-state index contributed by atoms with van der Waals surface area (Å²) in [5, 5.41) is 3.29. The zero-order chi connectivity index (χ0) is 15.0. The summed E-state index contributed by atoms with van der Waals surface area (Å²) < 4.78 is 2.64. The predicted octanol–water partition coefficient (Wildman–Crippen LogP) is 1.10. The summed E-state index contributed by atoms with van der Waals surface area (Å²) in [7, 11) is 3.19. The Bertz CT molecular complexity index is 522. The zero-order valence-electron chi connectivity index (χ0n) is 12.6. The highest BCUT2D eigenvalue weighted by molar-refractivity contribution is 7.98. The van der Waals surface area contributed by atoms with E-state index in [0.29, 0.717) is 6.54 Å². The van der Waals surface area contributed by atoms with Crippen LogP contribution in [0.5, 0.6) is 0 Å². The lowest BCUT2D eigenvalue weighted by atomic mass is 10.2. The van der Waals surface area contributed by atoms with Gasteiger partial charge in [-0.1, -0.05) is 12.8 Å². The van der Waals surface area contributed by atoms with E-state index in [0.717, 1.165) is 23.2 Å². The van der Waals surface area contributed by atoms with E-state index in [2.05, 4.69) is 11.6 Å². The third-order valence-corrected chi connectivity index (χ3v) is 4.08. The molecule has 0 amide bonds. The number of aromatic nitrogens is 2. The Labute approximate surface area is 124 Å². The maximum atomic E-state index is 11.7. The van der Waals surface area contributed by atoms with Crippen molar-refractivity contribution < 1.29 is 0 Å². The van der Waals surface area contributed by atoms with E-state index in [1.807, 2.05) is 11.8 Å². The fraction of sp³-hybridized carbons (Fsp3) is 0.714. The van der Waals surface area contributed by atoms with Crippen molar-refractivity contribution in [3.63, 3.8) is 0 Å². The van der Waals surface area contributed by atoms with Crippen molar-refractivity contribution in [2.45, 2.75) is 32.2 Å². The van der Waals surface area contributed by atoms with E-state index < -0.39 is 0 Å². The lowest BCUT2D eigenvalue weighted by Crippen LogP contribution is -2.39. The zero-order valence-corrected chi connectivity index (χ0v) is 13.5. The average Bonchev–Trinajstić information content (AvgIpc) is 2.44. The van der Waals surface area contributed by atoms with Gasteiger partial charge in [-0.05, 0) is 31.4 Å². The van der Waals surface area contributed by atoms with Gasteiger partial charge in [0.25, 0.3) is 5.56 Å². The molecule has 0 spiro atoms. The maximum Gasteiger partial charge on any atom is 0.330 e. The number of hydrogen-bond acceptors (Lipinski definition) is 4. The van der Waals surface area contributed by atoms with Gasteiger partial charge in [0.1, 0.15) is 0 Å². The van der Waals surface area contributed by atoms with E-state index in [4.69, 9.17) is 0 Å². The fourth-order valence-electron chi connectivity index (χ4n) is 2.01. The molecule has 0 aliphatic rings. The van der Waals surface area contributed by atoms with Crippen LogP contribution in [0.3, 0.4) is 0 Å². The van der Waals surface area contributed by atoms with Gasteiger partial charge in [-0.2, -0.15) is 11.8 Å². The molecule has 0 aliphatic heterocycles. The molecule has 0 unspecified atom stereocenters. The Morgan fingerprint density at radius 3 is 2.50 bits per heavy atom. The summed E-state index contributed by atoms with van der Waals surface area (Å²) in [6.07, 6.45) is 7.05. The molecule has 20 heavy (non-hydrogen) atoms. The third kappa shape index (κ3) is 5.17. The number of nitrogens with zero attached hydrogens (tertiary/aromatic N) is 2. The Kier molecular flexibility index (Phi) is 7.69. The second-order valence-corrected chi connectivity index (χ2v) is 5.94. The van der Waals surface area contributed by atoms with E-state index in [-0.39, 0.29) is 11.2 Å². The van der Waals surface area contributed by atoms with Crippen LogP contribution in [0.4, 0.5) is 0 Å². The SMILES string of the molecule is CSCCCCCCNCc1cc(=O)n(C)c(=O)n1C. The molecule has 0 bridgehead atoms. The Hall–Kier alpha value is -1.01. The first-order valence-corrected chi connectivity index (χ1v) is 8.43. The predicted molar refractivity (Wildman–Crippen MR) is 85.5 cm³/mol. The van der Waals surface area contributed by atoms with E-state index in [1.165, 1.54) is 42.7 Å². The van der Waals surface area contributed by atoms with E-state index in [1.54, 1.807) is 7.05 Å². The van der Waals surface area contributed by atoms with Crippen molar-refractivity contribution in [2.24, 2.45) is 14.1 Å². The number of thioether (sulfide) groups is 1. The van der Waals surface area contributed by atoms with Gasteiger partial charge in [0.2, 0.25) is 0 Å². The van der Waals surface area contributed by atoms with Gasteiger partial charge in [-0.25, -0.2) is 4.79 Å². The van der Waals surface area contributed by atoms with Crippen LogP contribution in [-0.4, -0.2) is 27.7 Å². The summed E-state index contributed by atoms with van der Waals surface area (Å²) in [4.78, 5) is 23.3. The highest BCUT2D eigenvalue weighted by atomic mass is 32.2. The van der Waals surface area contributed by atoms with Crippen LogP contribution in [0.25, 0.3) is 0 Å². The largest absolute Gasteiger partial charge is 0.330 e. The Morgan fingerprint density at radius 1 is 1.10 bits per heavy atom. The quantitative estimate of drug-likeness (QED) is 0.694. The highest BCUT2D eigenvalue weighted by Crippen LogP contribution is 2.04. The lowest BCUT2D eigenvalue weighted by Gasteiger charge is -2.10. The van der Waals surface area contributed by atoms with Crippen LogP contribution in [0.1, 0.15) is 31.4 Å². The summed E-state index contributed by atoms with van der Waals surface area (Å²) in [5.74, 6) is 1.24. The second kappa shape index (κ2) is 9.02. The fourth-order valence-corrected chi connectivity index (χ4v) is 2.51. The molecule has 114 valence electrons. The van der Waals surface area contributed by atoms with Crippen molar-refractivity contribution in [3.8, 4) is 0 Å². The molecule has 1 rings (SSSR count). The van der Waals surface area contributed by atoms with Crippen molar-refractivity contribution in [3.05, 3.63) is 32.6 Å². The van der Waals surface area contributed by atoms with E-state index >= 15 is 0 Å². The standard InChI is InChI=1S/C14H25N3O2S/c1-16-12(10-13(18)17(2)14(16)19)11-15-8-6-4-5-7-9-20-3/h10,15H,4-9,11H2,1-3H3. The Balaban J connectivity index is 2.33. The normalized spacial score (nSPS) is 10.9. The molecule has 0 fully saturated rings. The minimum absolute atomic E-state index is 0.248. The van der Waals surface area contributed by atoms with Crippen LogP contribution in [0.2, 0.25) is 0 Å². The van der Waals surface area contributed by atoms with Crippen LogP contribution >= 0.6 is 11.8 Å². The van der Waals surface area contributed by atoms with Crippen molar-refractivity contribution in [1.29, 1.82) is 0 Å². The molecule has 0 radical (unpaired) electrons. The van der Waals surface area contributed by atoms with Crippen LogP contribution in [0, 0.1) is 0 Å². The molecule has 1 heterocycles. The molecule has 1 aromatic rings. The third-order valence-electron chi connectivity index (χ3n) is 3.38. The van der Waals surface area contributed by atoms with Crippen molar-refractivity contribution >= 4 is 11.8 Å². The van der Waals surface area contributed by atoms with Gasteiger partial charge in [0.05, 0.1) is 0 Å². The molecule has 0 aromatic carbocycles. The summed E-state index contributed by atoms with van der Waals surface area (Å²) >= 11 is 1.89. The molecular formula is C14H25N3O2S. The Morgan fingerprint density at radius 2 is 1.80 bits per heavy atom. The maximum absolute atomic E-state index is 11.7.